The zero-order valence-corrected chi connectivity index (χ0v) is 9.24. The molecule has 0 saturated heterocycles. The summed E-state index contributed by atoms with van der Waals surface area (Å²) in [7, 11) is 0. The van der Waals surface area contributed by atoms with E-state index in [0.29, 0.717) is 12.8 Å². The van der Waals surface area contributed by atoms with Gasteiger partial charge in [-0.2, -0.15) is 13.2 Å². The minimum atomic E-state index is -5.03. The van der Waals surface area contributed by atoms with Gasteiger partial charge in [-0.15, -0.1) is 12.4 Å². The van der Waals surface area contributed by atoms with Gasteiger partial charge >= 0.3 is 12.1 Å². The monoisotopic (exact) mass is 263 g/mol. The minimum absolute atomic E-state index is 0. The Morgan fingerprint density at radius 1 is 1.31 bits per heavy atom. The number of nitrogens with two attached hydrogens (primary N) is 1. The summed E-state index contributed by atoms with van der Waals surface area (Å²) >= 11 is 0. The summed E-state index contributed by atoms with van der Waals surface area (Å²) in [5.41, 5.74) is 8.09. The lowest BCUT2D eigenvalue weighted by Gasteiger charge is -2.12. The zero-order valence-electron chi connectivity index (χ0n) is 8.43. The number of hydrogen-bond acceptors (Lipinski definition) is 3. The fourth-order valence-electron chi connectivity index (χ4n) is 0.724. The number of carbonyl (C=O) groups is 2. The van der Waals surface area contributed by atoms with Crippen LogP contribution in [0.1, 0.15) is 19.8 Å². The molecule has 0 aromatic rings. The molecule has 96 valence electrons. The minimum Gasteiger partial charge on any atom is -0.320 e. The van der Waals surface area contributed by atoms with E-state index in [9.17, 15) is 22.8 Å². The molecule has 1 atom stereocenters. The molecule has 2 amide bonds. The van der Waals surface area contributed by atoms with Crippen LogP contribution in [0.2, 0.25) is 0 Å². The van der Waals surface area contributed by atoms with Crippen molar-refractivity contribution in [3.63, 3.8) is 0 Å². The summed E-state index contributed by atoms with van der Waals surface area (Å²) in [6, 6.07) is -0.927. The van der Waals surface area contributed by atoms with Crippen molar-refractivity contribution in [2.45, 2.75) is 32.0 Å². The van der Waals surface area contributed by atoms with Gasteiger partial charge < -0.3 is 5.73 Å². The number of carbonyl (C=O) groups excluding carboxylic acids is 2. The lowest BCUT2D eigenvalue weighted by molar-refractivity contribution is -0.175. The summed E-state index contributed by atoms with van der Waals surface area (Å²) < 4.78 is 35.0. The summed E-state index contributed by atoms with van der Waals surface area (Å²) in [6.07, 6.45) is -4.09. The van der Waals surface area contributed by atoms with Crippen LogP contribution in [0.25, 0.3) is 0 Å². The average molecular weight is 264 g/mol. The quantitative estimate of drug-likeness (QED) is 0.638. The van der Waals surface area contributed by atoms with Gasteiger partial charge in [-0.3, -0.25) is 20.4 Å². The van der Waals surface area contributed by atoms with Crippen LogP contribution in [0.3, 0.4) is 0 Å². The number of hydrogen-bond donors (Lipinski definition) is 3. The molecule has 0 aromatic carbocycles. The second-order valence-corrected chi connectivity index (χ2v) is 2.84. The van der Waals surface area contributed by atoms with Gasteiger partial charge in [0.1, 0.15) is 0 Å². The molecule has 9 heteroatoms. The highest BCUT2D eigenvalue weighted by Gasteiger charge is 2.39. The maximum absolute atomic E-state index is 11.7. The number of halogens is 4. The van der Waals surface area contributed by atoms with Crippen molar-refractivity contribution in [3.8, 4) is 0 Å². The van der Waals surface area contributed by atoms with E-state index in [2.05, 4.69) is 0 Å². The van der Waals surface area contributed by atoms with Crippen LogP contribution in [0.15, 0.2) is 0 Å². The van der Waals surface area contributed by atoms with Crippen LogP contribution in [0.4, 0.5) is 13.2 Å². The Hall–Kier alpha value is -1.02. The van der Waals surface area contributed by atoms with Crippen molar-refractivity contribution in [1.29, 1.82) is 0 Å². The predicted molar refractivity (Wildman–Crippen MR) is 52.5 cm³/mol. The van der Waals surface area contributed by atoms with Gasteiger partial charge in [-0.25, -0.2) is 0 Å². The third kappa shape index (κ3) is 6.46. The largest absolute Gasteiger partial charge is 0.472 e. The van der Waals surface area contributed by atoms with Crippen molar-refractivity contribution < 1.29 is 22.8 Å². The molecule has 0 saturated carbocycles. The Kier molecular flexibility index (Phi) is 7.91. The third-order valence-electron chi connectivity index (χ3n) is 1.49. The van der Waals surface area contributed by atoms with E-state index < -0.39 is 24.0 Å². The van der Waals surface area contributed by atoms with Crippen LogP contribution in [-0.2, 0) is 9.59 Å². The Balaban J connectivity index is 0. The second kappa shape index (κ2) is 7.29. The van der Waals surface area contributed by atoms with E-state index >= 15 is 0 Å². The van der Waals surface area contributed by atoms with Gasteiger partial charge in [0.25, 0.3) is 5.91 Å². The first-order valence-electron chi connectivity index (χ1n) is 4.21. The van der Waals surface area contributed by atoms with E-state index in [1.165, 1.54) is 5.43 Å². The SMILES string of the molecule is CCCC(N)C(=O)NNC(=O)C(F)(F)F.Cl. The highest BCUT2D eigenvalue weighted by Crippen LogP contribution is 2.13. The lowest BCUT2D eigenvalue weighted by Crippen LogP contribution is -2.52. The molecular weight excluding hydrogens is 251 g/mol. The molecule has 1 unspecified atom stereocenters. The highest BCUT2D eigenvalue weighted by atomic mass is 35.5. The number of nitrogens with one attached hydrogen (secondary N) is 2. The Morgan fingerprint density at radius 3 is 2.19 bits per heavy atom. The van der Waals surface area contributed by atoms with Crippen molar-refractivity contribution in [2.75, 3.05) is 0 Å². The first-order chi connectivity index (χ1) is 6.79. The first kappa shape index (κ1) is 17.4. The summed E-state index contributed by atoms with van der Waals surface area (Å²) in [6.45, 7) is 1.77. The molecule has 0 aliphatic carbocycles. The zero-order chi connectivity index (χ0) is 12.1. The van der Waals surface area contributed by atoms with Crippen LogP contribution < -0.4 is 16.6 Å². The van der Waals surface area contributed by atoms with Gasteiger partial charge in [0.15, 0.2) is 0 Å². The molecule has 0 spiro atoms. The summed E-state index contributed by atoms with van der Waals surface area (Å²) in [4.78, 5) is 21.2. The summed E-state index contributed by atoms with van der Waals surface area (Å²) in [5.74, 6) is -3.09. The fourth-order valence-corrected chi connectivity index (χ4v) is 0.724. The smallest absolute Gasteiger partial charge is 0.320 e. The second-order valence-electron chi connectivity index (χ2n) is 2.84. The van der Waals surface area contributed by atoms with Gasteiger partial charge in [0.05, 0.1) is 6.04 Å². The average Bonchev–Trinajstić information content (AvgIpc) is 2.12. The molecule has 0 heterocycles. The number of amides is 2. The molecule has 5 nitrogen and oxygen atoms in total. The van der Waals surface area contributed by atoms with E-state index in [0.717, 1.165) is 0 Å². The van der Waals surface area contributed by atoms with E-state index in [1.54, 1.807) is 12.3 Å². The van der Waals surface area contributed by atoms with Gasteiger partial charge in [0.2, 0.25) is 0 Å². The Bertz CT molecular complexity index is 248. The van der Waals surface area contributed by atoms with Gasteiger partial charge in [-0.1, -0.05) is 13.3 Å². The Morgan fingerprint density at radius 2 is 1.81 bits per heavy atom. The molecule has 0 aromatic heterocycles. The highest BCUT2D eigenvalue weighted by molar-refractivity contribution is 5.87. The molecule has 0 aliphatic rings. The number of rotatable bonds is 3. The predicted octanol–water partition coefficient (Wildman–Crippen LogP) is 0.245. The van der Waals surface area contributed by atoms with E-state index in [-0.39, 0.29) is 12.4 Å². The maximum atomic E-state index is 11.7. The van der Waals surface area contributed by atoms with E-state index in [4.69, 9.17) is 5.73 Å². The standard InChI is InChI=1S/C7H12F3N3O2.ClH/c1-2-3-4(11)5(14)12-13-6(15)7(8,9)10;/h4H,2-3,11H2,1H3,(H,12,14)(H,13,15);1H. The topological polar surface area (TPSA) is 84.2 Å². The first-order valence-corrected chi connectivity index (χ1v) is 4.21. The molecule has 0 radical (unpaired) electrons. The van der Waals surface area contributed by atoms with Gasteiger partial charge in [0, 0.05) is 0 Å². The number of alkyl halides is 3. The molecule has 16 heavy (non-hydrogen) atoms. The molecule has 0 bridgehead atoms. The van der Waals surface area contributed by atoms with Crippen LogP contribution >= 0.6 is 12.4 Å². The van der Waals surface area contributed by atoms with Crippen molar-refractivity contribution in [2.24, 2.45) is 5.73 Å². The van der Waals surface area contributed by atoms with Crippen molar-refractivity contribution in [1.82, 2.24) is 10.9 Å². The molecule has 0 rings (SSSR count). The summed E-state index contributed by atoms with van der Waals surface area (Å²) in [5, 5.41) is 0. The van der Waals surface area contributed by atoms with Crippen molar-refractivity contribution in [3.05, 3.63) is 0 Å². The third-order valence-corrected chi connectivity index (χ3v) is 1.49. The fraction of sp³-hybridized carbons (Fsp3) is 0.714. The molecular formula is C7H13ClF3N3O2. The van der Waals surface area contributed by atoms with Crippen LogP contribution in [0.5, 0.6) is 0 Å². The Labute approximate surface area is 96.3 Å². The van der Waals surface area contributed by atoms with Crippen molar-refractivity contribution >= 4 is 24.2 Å². The van der Waals surface area contributed by atoms with E-state index in [1.807, 2.05) is 0 Å². The molecule has 0 aliphatic heterocycles. The number of hydrazine groups is 1. The normalized spacial score (nSPS) is 12.3. The van der Waals surface area contributed by atoms with Gasteiger partial charge in [-0.05, 0) is 6.42 Å². The van der Waals surface area contributed by atoms with Crippen LogP contribution in [0, 0.1) is 0 Å². The lowest BCUT2D eigenvalue weighted by atomic mass is 10.2. The molecule has 4 N–H and O–H groups in total. The molecule has 0 fully saturated rings. The van der Waals surface area contributed by atoms with Crippen LogP contribution in [-0.4, -0.2) is 24.0 Å². The maximum Gasteiger partial charge on any atom is 0.472 e.